The summed E-state index contributed by atoms with van der Waals surface area (Å²) < 4.78 is 185. The van der Waals surface area contributed by atoms with Gasteiger partial charge in [-0.2, -0.15) is 0 Å². The van der Waals surface area contributed by atoms with Gasteiger partial charge in [-0.15, -0.1) is 0 Å². The van der Waals surface area contributed by atoms with Crippen molar-refractivity contribution in [2.75, 3.05) is 6.61 Å². The van der Waals surface area contributed by atoms with E-state index in [-0.39, 0.29) is 257 Å². The maximum atomic E-state index is 11.0. The minimum Gasteiger partial charge on any atom is -0.726 e. The van der Waals surface area contributed by atoms with Crippen LogP contribution in [0.4, 0.5) is 0 Å². The molecule has 3 unspecified atom stereocenters. The normalized spacial score (nSPS) is 24.6. The molecule has 21 nitrogen and oxygen atoms in total. The minimum absolute atomic E-state index is 0. The van der Waals surface area contributed by atoms with Crippen LogP contribution in [-0.2, 0) is 77.6 Å². The standard InChI is InChI=1S/C6H12O21S5.5K/c7-28(8,9)22-1-2-3(24-29(10,11)12)4(25-30(13,14)15)5(26-31(16,17)18)6(23-2)27-32(19,20)21;;;;;/h2-6H,1H2,(H,7,8,9)(H,10,11,12)(H,13,14,15)(H,16,17,18)(H,19,20,21);;;;;/q;5*+1/p-5/t2?,3-,4-,5?,6?;;;;;/m1...../s1. The summed E-state index contributed by atoms with van der Waals surface area (Å²) >= 11 is 0. The van der Waals surface area contributed by atoms with Gasteiger partial charge in [-0.3, -0.25) is 16.7 Å². The van der Waals surface area contributed by atoms with Crippen molar-refractivity contribution in [1.29, 1.82) is 0 Å². The number of ether oxygens (including phenoxy) is 1. The summed E-state index contributed by atoms with van der Waals surface area (Å²) in [6.45, 7) is -1.76. The smallest absolute Gasteiger partial charge is 0.726 e. The molecule has 0 amide bonds. The van der Waals surface area contributed by atoms with Crippen molar-refractivity contribution < 1.29 is 347 Å². The van der Waals surface area contributed by atoms with Gasteiger partial charge in [0.1, 0.15) is 18.3 Å². The first-order valence-electron chi connectivity index (χ1n) is 6.78. The zero-order valence-corrected chi connectivity index (χ0v) is 38.9. The third-order valence-corrected chi connectivity index (χ3v) is 5.09. The van der Waals surface area contributed by atoms with E-state index in [1.165, 1.54) is 0 Å². The fourth-order valence-corrected chi connectivity index (χ4v) is 4.25. The molecule has 37 heavy (non-hydrogen) atoms. The number of hydrogen-bond acceptors (Lipinski definition) is 21. The molecule has 31 heteroatoms. The van der Waals surface area contributed by atoms with E-state index in [9.17, 15) is 64.9 Å². The van der Waals surface area contributed by atoms with E-state index in [4.69, 9.17) is 0 Å². The van der Waals surface area contributed by atoms with E-state index >= 15 is 0 Å². The Morgan fingerprint density at radius 1 is 0.486 bits per heavy atom. The van der Waals surface area contributed by atoms with Crippen molar-refractivity contribution in [3.05, 3.63) is 0 Å². The van der Waals surface area contributed by atoms with Crippen LogP contribution < -0.4 is 257 Å². The van der Waals surface area contributed by atoms with Crippen molar-refractivity contribution in [3.63, 3.8) is 0 Å². The summed E-state index contributed by atoms with van der Waals surface area (Å²) in [5, 5.41) is 0. The Kier molecular flexibility index (Phi) is 32.4. The molecule has 0 aromatic heterocycles. The van der Waals surface area contributed by atoms with Crippen LogP contribution >= 0.6 is 0 Å². The SMILES string of the molecule is O=S(=O)([O-])OCC1OC(OS(=O)(=O)[O-])C(OS(=O)(=O)[O-])[C@H](OS(=O)(=O)[O-])[C@@H]1OS(=O)(=O)[O-].[K+].[K+].[K+].[K+].[K+]. The summed E-state index contributed by atoms with van der Waals surface area (Å²) in [7, 11) is -29.8. The zero-order chi connectivity index (χ0) is 25.3. The monoisotopic (exact) mass is 770 g/mol. The van der Waals surface area contributed by atoms with E-state index in [2.05, 4.69) is 25.7 Å². The summed E-state index contributed by atoms with van der Waals surface area (Å²) in [5.41, 5.74) is 0. The summed E-state index contributed by atoms with van der Waals surface area (Å²) in [6.07, 6.45) is -15.1. The number of rotatable bonds is 11. The van der Waals surface area contributed by atoms with Gasteiger partial charge < -0.3 is 27.5 Å². The molecule has 0 aliphatic carbocycles. The third kappa shape index (κ3) is 26.2. The molecule has 5 atom stereocenters. The molecule has 0 spiro atoms. The van der Waals surface area contributed by atoms with Crippen molar-refractivity contribution >= 4 is 52.0 Å². The molecule has 0 saturated carbocycles. The predicted molar refractivity (Wildman–Crippen MR) is 78.8 cm³/mol. The Labute approximate surface area is 424 Å². The number of hydrogen-bond donors (Lipinski definition) is 0. The first kappa shape index (κ1) is 54.0. The predicted octanol–water partition coefficient (Wildman–Crippen LogP) is -20.8. The van der Waals surface area contributed by atoms with Crippen LogP contribution in [0.25, 0.3) is 0 Å². The molecule has 0 N–H and O–H groups in total. The van der Waals surface area contributed by atoms with Crippen LogP contribution in [0, 0.1) is 0 Å². The van der Waals surface area contributed by atoms with Crippen LogP contribution in [0.5, 0.6) is 0 Å². The third-order valence-electron chi connectivity index (χ3n) is 2.87. The van der Waals surface area contributed by atoms with E-state index in [0.717, 1.165) is 0 Å². The Morgan fingerprint density at radius 3 is 1.14 bits per heavy atom. The Morgan fingerprint density at radius 2 is 0.811 bits per heavy atom. The Balaban J connectivity index is -0.000000683. The molecule has 0 aromatic rings. The largest absolute Gasteiger partial charge is 1.00 e. The fourth-order valence-electron chi connectivity index (χ4n) is 2.09. The quantitative estimate of drug-likeness (QED) is 0.107. The second kappa shape index (κ2) is 22.2. The molecule has 0 aromatic carbocycles. The summed E-state index contributed by atoms with van der Waals surface area (Å²) in [4.78, 5) is 0. The molecule has 0 bridgehead atoms. The van der Waals surface area contributed by atoms with Crippen molar-refractivity contribution in [2.24, 2.45) is 0 Å². The molecule has 1 fully saturated rings. The van der Waals surface area contributed by atoms with E-state index < -0.39 is 89.3 Å². The van der Waals surface area contributed by atoms with Crippen LogP contribution in [0.3, 0.4) is 0 Å². The minimum atomic E-state index is -6.10. The molecule has 1 rings (SSSR count). The Bertz CT molecular complexity index is 1210. The van der Waals surface area contributed by atoms with Crippen LogP contribution in [-0.4, -0.2) is 102 Å². The van der Waals surface area contributed by atoms with E-state index in [0.29, 0.717) is 0 Å². The maximum Gasteiger partial charge on any atom is 1.00 e. The molecule has 1 heterocycles. The first-order valence-corrected chi connectivity index (χ1v) is 13.4. The Hall–Kier alpha value is 7.49. The molecular formula is C6H7K5O21S5. The van der Waals surface area contributed by atoms with Crippen molar-refractivity contribution in [2.45, 2.75) is 30.7 Å². The summed E-state index contributed by atoms with van der Waals surface area (Å²) in [5.74, 6) is 0. The van der Waals surface area contributed by atoms with Gasteiger partial charge in [0.05, 0.1) is 6.61 Å². The van der Waals surface area contributed by atoms with Crippen molar-refractivity contribution in [3.8, 4) is 0 Å². The van der Waals surface area contributed by atoms with Crippen LogP contribution in [0.1, 0.15) is 0 Å². The van der Waals surface area contributed by atoms with Gasteiger partial charge in [0, 0.05) is 0 Å². The second-order valence-corrected chi connectivity index (χ2v) is 10.2. The van der Waals surface area contributed by atoms with Gasteiger partial charge in [-0.1, -0.05) is 0 Å². The van der Waals surface area contributed by atoms with Gasteiger partial charge in [0.2, 0.25) is 58.3 Å². The second-order valence-electron chi connectivity index (χ2n) is 5.15. The fraction of sp³-hybridized carbons (Fsp3) is 1.00. The zero-order valence-electron chi connectivity index (χ0n) is 19.2. The van der Waals surface area contributed by atoms with Gasteiger partial charge in [0.15, 0.2) is 6.10 Å². The molecule has 1 aliphatic heterocycles. The van der Waals surface area contributed by atoms with E-state index in [1.807, 2.05) is 0 Å². The van der Waals surface area contributed by atoms with E-state index in [1.54, 1.807) is 0 Å². The molecule has 1 saturated heterocycles. The average molecular weight is 771 g/mol. The molecule has 192 valence electrons. The first-order chi connectivity index (χ1) is 14.0. The molecule has 1 aliphatic rings. The van der Waals surface area contributed by atoms with Gasteiger partial charge in [0.25, 0.3) is 0 Å². The average Bonchev–Trinajstić information content (AvgIpc) is 2.45. The van der Waals surface area contributed by atoms with Crippen molar-refractivity contribution in [1.82, 2.24) is 0 Å². The molecular weight excluding hydrogens is 764 g/mol. The van der Waals surface area contributed by atoms with Gasteiger partial charge in [-0.05, 0) is 0 Å². The maximum absolute atomic E-state index is 11.0. The topological polar surface area (TPSA) is 341 Å². The van der Waals surface area contributed by atoms with Crippen LogP contribution in [0.2, 0.25) is 0 Å². The summed E-state index contributed by atoms with van der Waals surface area (Å²) in [6, 6.07) is 0. The van der Waals surface area contributed by atoms with Gasteiger partial charge in [-0.25, -0.2) is 46.3 Å². The molecule has 0 radical (unpaired) electrons. The van der Waals surface area contributed by atoms with Crippen LogP contribution in [0.15, 0.2) is 0 Å². The van der Waals surface area contributed by atoms with Gasteiger partial charge >= 0.3 is 257 Å².